The number of nitrogens with zero attached hydrogens (tertiary/aromatic N) is 4. The van der Waals surface area contributed by atoms with Gasteiger partial charge in [0.15, 0.2) is 5.43 Å². The molecule has 0 atom stereocenters. The fourth-order valence-electron chi connectivity index (χ4n) is 3.93. The maximum absolute atomic E-state index is 13.3. The topological polar surface area (TPSA) is 81.8 Å². The number of anilines is 1. The summed E-state index contributed by atoms with van der Waals surface area (Å²) < 4.78 is 42.9. The van der Waals surface area contributed by atoms with Crippen LogP contribution in [-0.4, -0.2) is 25.2 Å². The van der Waals surface area contributed by atoms with Crippen LogP contribution in [0.2, 0.25) is 0 Å². The summed E-state index contributed by atoms with van der Waals surface area (Å²) in [5, 5.41) is 7.41. The number of hydrogen-bond donors (Lipinski definition) is 1. The minimum Gasteiger partial charge on any atom is -0.331 e. The van der Waals surface area contributed by atoms with Gasteiger partial charge in [0.25, 0.3) is 0 Å². The first-order chi connectivity index (χ1) is 16.3. The molecule has 5 aromatic rings. The number of carbonyl (C=O) groups is 1. The summed E-state index contributed by atoms with van der Waals surface area (Å²) in [5.41, 5.74) is 0.178. The molecule has 0 saturated heterocycles. The van der Waals surface area contributed by atoms with Gasteiger partial charge in [-0.1, -0.05) is 24.3 Å². The number of rotatable bonds is 4. The number of hydrogen-bond acceptors (Lipinski definition) is 4. The van der Waals surface area contributed by atoms with E-state index in [0.717, 1.165) is 12.1 Å². The van der Waals surface area contributed by atoms with E-state index in [9.17, 15) is 22.8 Å². The molecule has 0 unspecified atom stereocenters. The largest absolute Gasteiger partial charge is 0.416 e. The molecule has 2 aromatic heterocycles. The number of amides is 1. The quantitative estimate of drug-likeness (QED) is 0.401. The molecule has 0 aliphatic carbocycles. The van der Waals surface area contributed by atoms with E-state index in [-0.39, 0.29) is 23.3 Å². The van der Waals surface area contributed by atoms with Crippen LogP contribution in [0.4, 0.5) is 18.9 Å². The van der Waals surface area contributed by atoms with Crippen LogP contribution in [0.1, 0.15) is 5.56 Å². The molecule has 0 radical (unpaired) electrons. The summed E-state index contributed by atoms with van der Waals surface area (Å²) in [6, 6.07) is 16.8. The van der Waals surface area contributed by atoms with Crippen molar-refractivity contribution >= 4 is 33.4 Å². The van der Waals surface area contributed by atoms with Crippen molar-refractivity contribution < 1.29 is 18.0 Å². The Labute approximate surface area is 190 Å². The Morgan fingerprint density at radius 1 is 0.941 bits per heavy atom. The van der Waals surface area contributed by atoms with Crippen LogP contribution in [0.25, 0.3) is 27.5 Å². The number of halogens is 3. The van der Waals surface area contributed by atoms with E-state index >= 15 is 0 Å². The van der Waals surface area contributed by atoms with E-state index in [2.05, 4.69) is 15.4 Å². The zero-order chi connectivity index (χ0) is 23.9. The summed E-state index contributed by atoms with van der Waals surface area (Å²) in [7, 11) is 0. The van der Waals surface area contributed by atoms with E-state index in [1.165, 1.54) is 23.4 Å². The third kappa shape index (κ3) is 3.79. The summed E-state index contributed by atoms with van der Waals surface area (Å²) >= 11 is 0. The van der Waals surface area contributed by atoms with E-state index in [4.69, 9.17) is 0 Å². The molecule has 0 spiro atoms. The number of pyridine rings is 1. The first-order valence-electron chi connectivity index (χ1n) is 10.2. The lowest BCUT2D eigenvalue weighted by atomic mass is 10.1. The van der Waals surface area contributed by atoms with E-state index < -0.39 is 17.6 Å². The van der Waals surface area contributed by atoms with Crippen LogP contribution in [0.15, 0.2) is 84.2 Å². The van der Waals surface area contributed by atoms with Crippen LogP contribution < -0.4 is 10.7 Å². The fourth-order valence-corrected chi connectivity index (χ4v) is 3.93. The minimum absolute atomic E-state index is 0.0695. The molecule has 0 fully saturated rings. The van der Waals surface area contributed by atoms with Crippen molar-refractivity contribution in [2.24, 2.45) is 0 Å². The Kier molecular flexibility index (Phi) is 5.12. The zero-order valence-corrected chi connectivity index (χ0v) is 17.5. The molecule has 170 valence electrons. The Hall–Kier alpha value is -4.47. The van der Waals surface area contributed by atoms with Crippen LogP contribution in [0.3, 0.4) is 0 Å². The van der Waals surface area contributed by atoms with Gasteiger partial charge in [0.05, 0.1) is 28.0 Å². The molecular formula is C24H16F3N5O2. The molecule has 10 heteroatoms. The molecule has 0 bridgehead atoms. The molecule has 0 aliphatic heterocycles. The third-order valence-corrected chi connectivity index (χ3v) is 5.44. The lowest BCUT2D eigenvalue weighted by molar-refractivity contribution is -0.137. The summed E-state index contributed by atoms with van der Waals surface area (Å²) in [6.45, 7) is -0.228. The standard InChI is InChI=1S/C24H16F3N5O2/c25-24(26,27)15-9-10-21(32-14-28-13-29-32)18(11-15)30-22(33)12-31-19-7-3-1-5-16(19)23(34)17-6-2-4-8-20(17)31/h1-11,13-14H,12H2,(H,30,33). The Morgan fingerprint density at radius 2 is 1.59 bits per heavy atom. The normalized spacial score (nSPS) is 11.7. The van der Waals surface area contributed by atoms with Gasteiger partial charge in [-0.2, -0.15) is 18.3 Å². The summed E-state index contributed by atoms with van der Waals surface area (Å²) in [4.78, 5) is 29.8. The van der Waals surface area contributed by atoms with Crippen LogP contribution in [0, 0.1) is 0 Å². The zero-order valence-electron chi connectivity index (χ0n) is 17.5. The first kappa shape index (κ1) is 21.4. The molecule has 34 heavy (non-hydrogen) atoms. The number of alkyl halides is 3. The number of fused-ring (bicyclic) bond motifs is 2. The lowest BCUT2D eigenvalue weighted by Crippen LogP contribution is -2.22. The molecule has 0 aliphatic rings. The number of benzene rings is 3. The monoisotopic (exact) mass is 463 g/mol. The number of carbonyl (C=O) groups excluding carboxylic acids is 1. The van der Waals surface area contributed by atoms with Gasteiger partial charge in [0.2, 0.25) is 5.91 Å². The van der Waals surface area contributed by atoms with Gasteiger partial charge in [-0.15, -0.1) is 0 Å². The van der Waals surface area contributed by atoms with Gasteiger partial charge in [0.1, 0.15) is 19.2 Å². The van der Waals surface area contributed by atoms with Gasteiger partial charge in [-0.25, -0.2) is 9.67 Å². The molecule has 0 saturated carbocycles. The maximum atomic E-state index is 13.3. The summed E-state index contributed by atoms with van der Waals surface area (Å²) in [6.07, 6.45) is -2.03. The second-order valence-electron chi connectivity index (χ2n) is 7.57. The fraction of sp³-hybridized carbons (Fsp3) is 0.0833. The lowest BCUT2D eigenvalue weighted by Gasteiger charge is -2.17. The average Bonchev–Trinajstić information content (AvgIpc) is 3.36. The predicted molar refractivity (Wildman–Crippen MR) is 121 cm³/mol. The highest BCUT2D eigenvalue weighted by Crippen LogP contribution is 2.33. The average molecular weight is 463 g/mol. The number of aromatic nitrogens is 4. The first-order valence-corrected chi connectivity index (χ1v) is 10.2. The SMILES string of the molecule is O=C(Cn1c2ccccc2c(=O)c2ccccc21)Nc1cc(C(F)(F)F)ccc1-n1cncn1. The van der Waals surface area contributed by atoms with Gasteiger partial charge in [-0.05, 0) is 42.5 Å². The molecule has 5 rings (SSSR count). The van der Waals surface area contributed by atoms with Gasteiger partial charge in [-0.3, -0.25) is 9.59 Å². The highest BCUT2D eigenvalue weighted by atomic mass is 19.4. The minimum atomic E-state index is -4.59. The smallest absolute Gasteiger partial charge is 0.331 e. The highest BCUT2D eigenvalue weighted by Gasteiger charge is 2.31. The van der Waals surface area contributed by atoms with Crippen molar-refractivity contribution in [2.45, 2.75) is 12.7 Å². The molecule has 1 N–H and O–H groups in total. The Morgan fingerprint density at radius 3 is 2.18 bits per heavy atom. The second-order valence-corrected chi connectivity index (χ2v) is 7.57. The van der Waals surface area contributed by atoms with Crippen molar-refractivity contribution in [2.75, 3.05) is 5.32 Å². The van der Waals surface area contributed by atoms with Crippen LogP contribution in [0.5, 0.6) is 0 Å². The van der Waals surface area contributed by atoms with E-state index in [1.807, 2.05) is 0 Å². The van der Waals surface area contributed by atoms with Crippen molar-refractivity contribution in [1.29, 1.82) is 0 Å². The van der Waals surface area contributed by atoms with Crippen LogP contribution >= 0.6 is 0 Å². The number of para-hydroxylation sites is 2. The summed E-state index contributed by atoms with van der Waals surface area (Å²) in [5.74, 6) is -0.570. The number of nitrogens with one attached hydrogen (secondary N) is 1. The highest BCUT2D eigenvalue weighted by molar-refractivity contribution is 5.98. The Balaban J connectivity index is 1.58. The molecule has 1 amide bonds. The van der Waals surface area contributed by atoms with Gasteiger partial charge in [0, 0.05) is 10.8 Å². The second kappa shape index (κ2) is 8.14. The van der Waals surface area contributed by atoms with Crippen molar-refractivity contribution in [3.8, 4) is 5.69 Å². The molecule has 2 heterocycles. The van der Waals surface area contributed by atoms with Crippen molar-refractivity contribution in [3.05, 3.63) is 95.2 Å². The van der Waals surface area contributed by atoms with Crippen LogP contribution in [-0.2, 0) is 17.5 Å². The molecular weight excluding hydrogens is 447 g/mol. The predicted octanol–water partition coefficient (Wildman–Crippen LogP) is 4.39. The maximum Gasteiger partial charge on any atom is 0.416 e. The molecule has 3 aromatic carbocycles. The van der Waals surface area contributed by atoms with Gasteiger partial charge < -0.3 is 9.88 Å². The van der Waals surface area contributed by atoms with Crippen molar-refractivity contribution in [3.63, 3.8) is 0 Å². The van der Waals surface area contributed by atoms with Gasteiger partial charge >= 0.3 is 6.18 Å². The third-order valence-electron chi connectivity index (χ3n) is 5.44. The molecule has 7 nitrogen and oxygen atoms in total. The van der Waals surface area contributed by atoms with Crippen molar-refractivity contribution in [1.82, 2.24) is 19.3 Å². The van der Waals surface area contributed by atoms with E-state index in [1.54, 1.807) is 53.1 Å². The van der Waals surface area contributed by atoms with E-state index in [0.29, 0.717) is 21.8 Å². The Bertz CT molecular complexity index is 1530.